The lowest BCUT2D eigenvalue weighted by atomic mass is 9.63. The number of carbonyl (C=O) groups is 1. The molecule has 1 rings (SSSR count). The van der Waals surface area contributed by atoms with E-state index in [4.69, 9.17) is 5.11 Å². The van der Waals surface area contributed by atoms with E-state index >= 15 is 0 Å². The number of nitrogens with zero attached hydrogens (tertiary/aromatic N) is 1. The van der Waals surface area contributed by atoms with E-state index in [1.54, 1.807) is 6.92 Å². The zero-order valence-electron chi connectivity index (χ0n) is 6.71. The Morgan fingerprint density at radius 3 is 2.73 bits per heavy atom. The third-order valence-corrected chi connectivity index (χ3v) is 2.38. The summed E-state index contributed by atoms with van der Waals surface area (Å²) in [6.45, 7) is 5.88. The fraction of sp³-hybridized carbons (Fsp3) is 0.750. The highest BCUT2D eigenvalue weighted by Crippen LogP contribution is 2.45. The molecule has 1 aliphatic carbocycles. The van der Waals surface area contributed by atoms with E-state index in [1.807, 2.05) is 0 Å². The Hall–Kier alpha value is -0.860. The van der Waals surface area contributed by atoms with E-state index in [2.05, 4.69) is 11.7 Å². The van der Waals surface area contributed by atoms with Crippen LogP contribution in [0.2, 0.25) is 0 Å². The molecule has 3 nitrogen and oxygen atoms in total. The molecule has 0 aromatic carbocycles. The smallest absolute Gasteiger partial charge is 0.309 e. The Kier molecular flexibility index (Phi) is 1.98. The van der Waals surface area contributed by atoms with Crippen LogP contribution in [-0.4, -0.2) is 24.3 Å². The summed E-state index contributed by atoms with van der Waals surface area (Å²) in [5, 5.41) is 8.73. The van der Waals surface area contributed by atoms with Crippen LogP contribution in [0, 0.1) is 11.3 Å². The van der Waals surface area contributed by atoms with Gasteiger partial charge in [0.15, 0.2) is 0 Å². The van der Waals surface area contributed by atoms with Crippen molar-refractivity contribution in [2.45, 2.75) is 19.8 Å². The van der Waals surface area contributed by atoms with Crippen molar-refractivity contribution in [1.82, 2.24) is 0 Å². The van der Waals surface area contributed by atoms with E-state index in [0.29, 0.717) is 12.5 Å². The molecular formula is C8H13NO2. The predicted molar refractivity (Wildman–Crippen MR) is 42.9 cm³/mol. The van der Waals surface area contributed by atoms with Gasteiger partial charge in [0.2, 0.25) is 0 Å². The maximum absolute atomic E-state index is 10.6. The van der Waals surface area contributed by atoms with Crippen molar-refractivity contribution in [3.05, 3.63) is 0 Å². The molecule has 1 fully saturated rings. The first kappa shape index (κ1) is 8.24. The van der Waals surface area contributed by atoms with Gasteiger partial charge >= 0.3 is 5.97 Å². The summed E-state index contributed by atoms with van der Waals surface area (Å²) in [5.74, 6) is -0.230. The lowest BCUT2D eigenvalue weighted by Crippen LogP contribution is -2.42. The molecule has 0 bridgehead atoms. The van der Waals surface area contributed by atoms with Crippen LogP contribution in [0.15, 0.2) is 4.99 Å². The number of rotatable bonds is 3. The van der Waals surface area contributed by atoms with Gasteiger partial charge in [-0.05, 0) is 32.4 Å². The van der Waals surface area contributed by atoms with E-state index in [0.717, 1.165) is 12.8 Å². The van der Waals surface area contributed by atoms with Gasteiger partial charge in [-0.15, -0.1) is 0 Å². The third-order valence-electron chi connectivity index (χ3n) is 2.38. The molecule has 0 saturated heterocycles. The number of hydrogen-bond donors (Lipinski definition) is 1. The maximum Gasteiger partial charge on any atom is 0.309 e. The van der Waals surface area contributed by atoms with Crippen LogP contribution < -0.4 is 0 Å². The van der Waals surface area contributed by atoms with Gasteiger partial charge in [-0.25, -0.2) is 0 Å². The fourth-order valence-electron chi connectivity index (χ4n) is 1.70. The average Bonchev–Trinajstić information content (AvgIpc) is 1.84. The second-order valence-electron chi connectivity index (χ2n) is 3.55. The van der Waals surface area contributed by atoms with Gasteiger partial charge in [0, 0.05) is 6.54 Å². The summed E-state index contributed by atoms with van der Waals surface area (Å²) in [4.78, 5) is 14.3. The molecular weight excluding hydrogens is 142 g/mol. The van der Waals surface area contributed by atoms with Crippen LogP contribution in [0.3, 0.4) is 0 Å². The molecule has 0 amide bonds. The van der Waals surface area contributed by atoms with E-state index in [1.165, 1.54) is 0 Å². The monoisotopic (exact) mass is 155 g/mol. The Labute approximate surface area is 66.1 Å². The van der Waals surface area contributed by atoms with Gasteiger partial charge in [-0.2, -0.15) is 0 Å². The molecule has 3 heteroatoms. The highest BCUT2D eigenvalue weighted by atomic mass is 16.4. The molecule has 11 heavy (non-hydrogen) atoms. The van der Waals surface area contributed by atoms with Gasteiger partial charge < -0.3 is 10.1 Å². The standard InChI is InChI=1S/C8H13NO2/c1-8(7(10)11)3-6(4-8)5-9-2/h6H,2-5H2,1H3,(H,10,11). The first-order valence-corrected chi connectivity index (χ1v) is 3.74. The molecule has 0 atom stereocenters. The van der Waals surface area contributed by atoms with Crippen molar-refractivity contribution in [2.24, 2.45) is 16.3 Å². The van der Waals surface area contributed by atoms with Gasteiger partial charge in [0.25, 0.3) is 0 Å². The van der Waals surface area contributed by atoms with Gasteiger partial charge in [0.05, 0.1) is 5.41 Å². The fourth-order valence-corrected chi connectivity index (χ4v) is 1.70. The SMILES string of the molecule is C=NCC1CC(C)(C(=O)O)C1. The summed E-state index contributed by atoms with van der Waals surface area (Å²) in [7, 11) is 0. The molecule has 0 aromatic rings. The molecule has 1 aliphatic rings. The second kappa shape index (κ2) is 2.64. The predicted octanol–water partition coefficient (Wildman–Crippen LogP) is 1.19. The molecule has 0 spiro atoms. The minimum Gasteiger partial charge on any atom is -0.481 e. The van der Waals surface area contributed by atoms with Crippen molar-refractivity contribution in [2.75, 3.05) is 6.54 Å². The van der Waals surface area contributed by atoms with Crippen LogP contribution in [-0.2, 0) is 4.79 Å². The Bertz CT molecular complexity index is 183. The summed E-state index contributed by atoms with van der Waals surface area (Å²) in [5.41, 5.74) is -0.477. The van der Waals surface area contributed by atoms with Crippen molar-refractivity contribution in [3.8, 4) is 0 Å². The molecule has 1 saturated carbocycles. The Balaban J connectivity index is 2.37. The zero-order chi connectivity index (χ0) is 8.48. The van der Waals surface area contributed by atoms with E-state index in [9.17, 15) is 4.79 Å². The van der Waals surface area contributed by atoms with Crippen LogP contribution in [0.5, 0.6) is 0 Å². The van der Waals surface area contributed by atoms with Crippen LogP contribution >= 0.6 is 0 Å². The van der Waals surface area contributed by atoms with Crippen molar-refractivity contribution in [1.29, 1.82) is 0 Å². The number of carboxylic acids is 1. The molecule has 0 aliphatic heterocycles. The highest BCUT2D eigenvalue weighted by Gasteiger charge is 2.45. The van der Waals surface area contributed by atoms with Crippen LogP contribution in [0.4, 0.5) is 0 Å². The molecule has 0 heterocycles. The van der Waals surface area contributed by atoms with E-state index in [-0.39, 0.29) is 0 Å². The van der Waals surface area contributed by atoms with Gasteiger partial charge in [-0.3, -0.25) is 4.79 Å². The Morgan fingerprint density at radius 1 is 1.82 bits per heavy atom. The zero-order valence-corrected chi connectivity index (χ0v) is 6.71. The first-order chi connectivity index (χ1) is 5.08. The number of aliphatic imine (C=N–C) groups is 1. The topological polar surface area (TPSA) is 49.7 Å². The number of hydrogen-bond acceptors (Lipinski definition) is 2. The largest absolute Gasteiger partial charge is 0.481 e. The molecule has 0 radical (unpaired) electrons. The summed E-state index contributed by atoms with van der Waals surface area (Å²) in [6.07, 6.45) is 1.50. The van der Waals surface area contributed by atoms with Gasteiger partial charge in [0.1, 0.15) is 0 Å². The van der Waals surface area contributed by atoms with Crippen LogP contribution in [0.1, 0.15) is 19.8 Å². The minimum atomic E-state index is -0.683. The maximum atomic E-state index is 10.6. The minimum absolute atomic E-state index is 0.452. The molecule has 62 valence electrons. The second-order valence-corrected chi connectivity index (χ2v) is 3.55. The summed E-state index contributed by atoms with van der Waals surface area (Å²) in [6, 6.07) is 0. The van der Waals surface area contributed by atoms with Gasteiger partial charge in [-0.1, -0.05) is 0 Å². The lowest BCUT2D eigenvalue weighted by Gasteiger charge is -2.40. The number of carboxylic acid groups (broad SMARTS) is 1. The first-order valence-electron chi connectivity index (χ1n) is 3.74. The lowest BCUT2D eigenvalue weighted by molar-refractivity contribution is -0.155. The summed E-state index contributed by atoms with van der Waals surface area (Å²) >= 11 is 0. The quantitative estimate of drug-likeness (QED) is 0.622. The third kappa shape index (κ3) is 1.42. The van der Waals surface area contributed by atoms with Crippen LogP contribution in [0.25, 0.3) is 0 Å². The summed E-state index contributed by atoms with van der Waals surface area (Å²) < 4.78 is 0. The molecule has 0 unspecified atom stereocenters. The molecule has 0 aromatic heterocycles. The number of aliphatic carboxylic acids is 1. The highest BCUT2D eigenvalue weighted by molar-refractivity contribution is 5.75. The van der Waals surface area contributed by atoms with Crippen molar-refractivity contribution >= 4 is 12.7 Å². The van der Waals surface area contributed by atoms with E-state index < -0.39 is 11.4 Å². The molecule has 1 N–H and O–H groups in total. The normalized spacial score (nSPS) is 35.9. The van der Waals surface area contributed by atoms with Crippen molar-refractivity contribution < 1.29 is 9.90 Å². The van der Waals surface area contributed by atoms with Crippen molar-refractivity contribution in [3.63, 3.8) is 0 Å². The Morgan fingerprint density at radius 2 is 2.36 bits per heavy atom. The average molecular weight is 155 g/mol.